The van der Waals surface area contributed by atoms with Gasteiger partial charge in [0.2, 0.25) is 0 Å². The largest absolute Gasteiger partial charge is 0.348 e. The van der Waals surface area contributed by atoms with Crippen molar-refractivity contribution in [3.8, 4) is 0 Å². The minimum Gasteiger partial charge on any atom is -0.348 e. The van der Waals surface area contributed by atoms with Crippen molar-refractivity contribution in [2.24, 2.45) is 5.92 Å². The Morgan fingerprint density at radius 1 is 1.16 bits per heavy atom. The molecule has 5 heteroatoms. The van der Waals surface area contributed by atoms with Gasteiger partial charge in [0.15, 0.2) is 0 Å². The lowest BCUT2D eigenvalue weighted by Crippen LogP contribution is -2.47. The van der Waals surface area contributed by atoms with Gasteiger partial charge in [-0.1, -0.05) is 18.2 Å². The summed E-state index contributed by atoms with van der Waals surface area (Å²) in [6.45, 7) is 5.77. The van der Waals surface area contributed by atoms with E-state index >= 15 is 0 Å². The van der Waals surface area contributed by atoms with Crippen molar-refractivity contribution in [3.05, 3.63) is 53.7 Å². The number of nitrogens with zero attached hydrogens (tertiary/aromatic N) is 2. The molecule has 1 saturated carbocycles. The molecular weight excluding hydrogens is 312 g/mol. The van der Waals surface area contributed by atoms with Gasteiger partial charge in [0.1, 0.15) is 5.82 Å². The van der Waals surface area contributed by atoms with E-state index < -0.39 is 0 Å². The van der Waals surface area contributed by atoms with Crippen LogP contribution in [0, 0.1) is 5.92 Å². The van der Waals surface area contributed by atoms with E-state index in [0.29, 0.717) is 5.92 Å². The van der Waals surface area contributed by atoms with Gasteiger partial charge in [-0.25, -0.2) is 9.78 Å². The van der Waals surface area contributed by atoms with Crippen molar-refractivity contribution in [1.82, 2.24) is 10.3 Å². The average molecular weight is 336 g/mol. The van der Waals surface area contributed by atoms with E-state index in [1.165, 1.54) is 24.0 Å². The van der Waals surface area contributed by atoms with Crippen molar-refractivity contribution in [2.75, 3.05) is 10.2 Å². The maximum atomic E-state index is 12.5. The molecule has 4 rings (SSSR count). The molecule has 1 aromatic carbocycles. The number of urea groups is 1. The predicted molar refractivity (Wildman–Crippen MR) is 99.5 cm³/mol. The molecule has 5 nitrogen and oxygen atoms in total. The zero-order chi connectivity index (χ0) is 17.4. The van der Waals surface area contributed by atoms with Crippen LogP contribution in [0.1, 0.15) is 37.8 Å². The summed E-state index contributed by atoms with van der Waals surface area (Å²) in [4.78, 5) is 19.1. The average Bonchev–Trinajstić information content (AvgIpc) is 3.36. The third-order valence-corrected chi connectivity index (χ3v) is 5.24. The SMILES string of the molecule is CC(C)(NC(=O)Nc1cccc2c1CN(c1ccccn1)C2)C1CC1. The van der Waals surface area contributed by atoms with E-state index in [-0.39, 0.29) is 11.6 Å². The fraction of sp³-hybridized carbons (Fsp3) is 0.400. The normalized spacial score (nSPS) is 16.5. The standard InChI is InChI=1S/C20H24N4O/c1-20(2,15-9-10-15)23-19(25)22-17-7-5-6-14-12-24(13-16(14)17)18-8-3-4-11-21-18/h3-8,11,15H,9-10,12-13H2,1-2H3,(H2,22,23,25). The van der Waals surface area contributed by atoms with E-state index in [4.69, 9.17) is 0 Å². The molecule has 2 aliphatic rings. The topological polar surface area (TPSA) is 57.3 Å². The van der Waals surface area contributed by atoms with Crippen molar-refractivity contribution >= 4 is 17.5 Å². The Bertz CT molecular complexity index is 784. The molecule has 0 unspecified atom stereocenters. The van der Waals surface area contributed by atoms with Gasteiger partial charge < -0.3 is 15.5 Å². The molecule has 0 saturated heterocycles. The summed E-state index contributed by atoms with van der Waals surface area (Å²) in [7, 11) is 0. The molecule has 0 bridgehead atoms. The van der Waals surface area contributed by atoms with Crippen LogP contribution < -0.4 is 15.5 Å². The smallest absolute Gasteiger partial charge is 0.319 e. The number of nitrogens with one attached hydrogen (secondary N) is 2. The Labute approximate surface area is 148 Å². The Balaban J connectivity index is 1.48. The number of aromatic nitrogens is 1. The monoisotopic (exact) mass is 336 g/mol. The Kier molecular flexibility index (Phi) is 3.86. The quantitative estimate of drug-likeness (QED) is 0.890. The number of hydrogen-bond acceptors (Lipinski definition) is 3. The van der Waals surface area contributed by atoms with Crippen LogP contribution in [0.2, 0.25) is 0 Å². The van der Waals surface area contributed by atoms with Crippen LogP contribution in [0.15, 0.2) is 42.6 Å². The number of carbonyl (C=O) groups excluding carboxylic acids is 1. The van der Waals surface area contributed by atoms with E-state index in [1.807, 2.05) is 36.5 Å². The summed E-state index contributed by atoms with van der Waals surface area (Å²) in [5.41, 5.74) is 3.15. The minimum atomic E-state index is -0.151. The highest BCUT2D eigenvalue weighted by Gasteiger charge is 2.38. The lowest BCUT2D eigenvalue weighted by molar-refractivity contribution is 0.237. The first kappa shape index (κ1) is 15.9. The molecule has 0 radical (unpaired) electrons. The van der Waals surface area contributed by atoms with Crippen LogP contribution in [0.25, 0.3) is 0 Å². The first-order valence-electron chi connectivity index (χ1n) is 8.89. The van der Waals surface area contributed by atoms with E-state index in [2.05, 4.69) is 40.4 Å². The summed E-state index contributed by atoms with van der Waals surface area (Å²) in [5, 5.41) is 6.18. The number of fused-ring (bicyclic) bond motifs is 1. The number of benzene rings is 1. The van der Waals surface area contributed by atoms with Crippen molar-refractivity contribution in [2.45, 2.75) is 45.3 Å². The van der Waals surface area contributed by atoms with Gasteiger partial charge in [-0.3, -0.25) is 0 Å². The van der Waals surface area contributed by atoms with Crippen LogP contribution in [-0.4, -0.2) is 16.6 Å². The summed E-state index contributed by atoms with van der Waals surface area (Å²) in [5.74, 6) is 1.56. The first-order chi connectivity index (χ1) is 12.0. The van der Waals surface area contributed by atoms with Gasteiger partial charge in [-0.2, -0.15) is 0 Å². The van der Waals surface area contributed by atoms with Crippen molar-refractivity contribution in [3.63, 3.8) is 0 Å². The van der Waals surface area contributed by atoms with Crippen LogP contribution in [-0.2, 0) is 13.1 Å². The second kappa shape index (κ2) is 6.06. The molecule has 2 aromatic rings. The summed E-state index contributed by atoms with van der Waals surface area (Å²) < 4.78 is 0. The lowest BCUT2D eigenvalue weighted by atomic mass is 9.99. The number of anilines is 2. The molecule has 1 aliphatic carbocycles. The van der Waals surface area contributed by atoms with Gasteiger partial charge in [0.05, 0.1) is 0 Å². The van der Waals surface area contributed by atoms with Crippen molar-refractivity contribution in [1.29, 1.82) is 0 Å². The zero-order valence-corrected chi connectivity index (χ0v) is 14.7. The number of amides is 2. The fourth-order valence-electron chi connectivity index (χ4n) is 3.60. The number of hydrogen-bond donors (Lipinski definition) is 2. The Morgan fingerprint density at radius 3 is 2.72 bits per heavy atom. The molecule has 1 fully saturated rings. The van der Waals surface area contributed by atoms with E-state index in [1.54, 1.807) is 0 Å². The molecule has 1 aliphatic heterocycles. The minimum absolute atomic E-state index is 0.124. The second-order valence-electron chi connectivity index (χ2n) is 7.56. The Morgan fingerprint density at radius 2 is 2.00 bits per heavy atom. The molecule has 2 N–H and O–H groups in total. The van der Waals surface area contributed by atoms with Crippen LogP contribution >= 0.6 is 0 Å². The van der Waals surface area contributed by atoms with Crippen LogP contribution in [0.3, 0.4) is 0 Å². The summed E-state index contributed by atoms with van der Waals surface area (Å²) in [6, 6.07) is 11.9. The molecule has 0 spiro atoms. The van der Waals surface area contributed by atoms with Gasteiger partial charge in [-0.05, 0) is 56.4 Å². The maximum absolute atomic E-state index is 12.5. The summed E-state index contributed by atoms with van der Waals surface area (Å²) in [6.07, 6.45) is 4.21. The van der Waals surface area contributed by atoms with E-state index in [0.717, 1.165) is 24.6 Å². The number of carbonyl (C=O) groups is 1. The number of pyridine rings is 1. The molecular formula is C20H24N4O. The van der Waals surface area contributed by atoms with Crippen LogP contribution in [0.4, 0.5) is 16.3 Å². The third-order valence-electron chi connectivity index (χ3n) is 5.24. The molecule has 130 valence electrons. The predicted octanol–water partition coefficient (Wildman–Crippen LogP) is 3.91. The molecule has 0 atom stereocenters. The first-order valence-corrected chi connectivity index (χ1v) is 8.89. The Hall–Kier alpha value is -2.56. The molecule has 25 heavy (non-hydrogen) atoms. The lowest BCUT2D eigenvalue weighted by Gasteiger charge is -2.26. The maximum Gasteiger partial charge on any atom is 0.319 e. The van der Waals surface area contributed by atoms with Crippen LogP contribution in [0.5, 0.6) is 0 Å². The van der Waals surface area contributed by atoms with Crippen molar-refractivity contribution < 1.29 is 4.79 Å². The van der Waals surface area contributed by atoms with Gasteiger partial charge in [0.25, 0.3) is 0 Å². The zero-order valence-electron chi connectivity index (χ0n) is 14.7. The van der Waals surface area contributed by atoms with E-state index in [9.17, 15) is 4.79 Å². The fourth-order valence-corrected chi connectivity index (χ4v) is 3.60. The molecule has 2 amide bonds. The highest BCUT2D eigenvalue weighted by molar-refractivity contribution is 5.91. The molecule has 1 aromatic heterocycles. The van der Waals surface area contributed by atoms with Gasteiger partial charge in [0, 0.05) is 36.1 Å². The highest BCUT2D eigenvalue weighted by atomic mass is 16.2. The second-order valence-corrected chi connectivity index (χ2v) is 7.56. The summed E-state index contributed by atoms with van der Waals surface area (Å²) >= 11 is 0. The third kappa shape index (κ3) is 3.31. The number of rotatable bonds is 4. The van der Waals surface area contributed by atoms with Gasteiger partial charge >= 0.3 is 6.03 Å². The molecule has 2 heterocycles. The van der Waals surface area contributed by atoms with Gasteiger partial charge in [-0.15, -0.1) is 0 Å². The highest BCUT2D eigenvalue weighted by Crippen LogP contribution is 2.39.